The summed E-state index contributed by atoms with van der Waals surface area (Å²) in [5.41, 5.74) is 3.24. The number of hydrogen-bond acceptors (Lipinski definition) is 6. The van der Waals surface area contributed by atoms with Crippen molar-refractivity contribution in [3.8, 4) is 11.4 Å². The number of nitrogens with zero attached hydrogens (tertiary/aromatic N) is 4. The van der Waals surface area contributed by atoms with Crippen LogP contribution in [0.4, 0.5) is 11.4 Å². The predicted molar refractivity (Wildman–Crippen MR) is 118 cm³/mol. The van der Waals surface area contributed by atoms with Crippen LogP contribution < -0.4 is 5.32 Å². The van der Waals surface area contributed by atoms with Gasteiger partial charge in [-0.2, -0.15) is 0 Å². The zero-order chi connectivity index (χ0) is 21.7. The first-order chi connectivity index (χ1) is 14.4. The molecule has 0 spiro atoms. The van der Waals surface area contributed by atoms with E-state index in [0.29, 0.717) is 28.8 Å². The molecule has 0 atom stereocenters. The van der Waals surface area contributed by atoms with E-state index in [9.17, 15) is 14.9 Å². The Morgan fingerprint density at radius 2 is 1.97 bits per heavy atom. The van der Waals surface area contributed by atoms with Crippen LogP contribution in [0.3, 0.4) is 0 Å². The van der Waals surface area contributed by atoms with Gasteiger partial charge in [0.2, 0.25) is 5.91 Å². The lowest BCUT2D eigenvalue weighted by molar-refractivity contribution is -0.384. The number of non-ortho nitro benzene ring substituents is 1. The second kappa shape index (κ2) is 9.36. The van der Waals surface area contributed by atoms with E-state index in [-0.39, 0.29) is 17.3 Å². The third kappa shape index (κ3) is 4.93. The normalized spacial score (nSPS) is 10.6. The molecule has 3 rings (SSSR count). The molecule has 9 heteroatoms. The molecule has 3 aromatic rings. The number of rotatable bonds is 8. The Kier molecular flexibility index (Phi) is 6.63. The summed E-state index contributed by atoms with van der Waals surface area (Å²) >= 11 is 1.27. The van der Waals surface area contributed by atoms with Crippen molar-refractivity contribution in [3.63, 3.8) is 0 Å². The average Bonchev–Trinajstić information content (AvgIpc) is 3.11. The lowest BCUT2D eigenvalue weighted by atomic mass is 10.1. The van der Waals surface area contributed by atoms with Crippen LogP contribution in [0.15, 0.2) is 60.3 Å². The molecule has 0 aliphatic heterocycles. The molecule has 0 saturated heterocycles. The van der Waals surface area contributed by atoms with Crippen molar-refractivity contribution in [2.24, 2.45) is 0 Å². The van der Waals surface area contributed by atoms with Gasteiger partial charge >= 0.3 is 0 Å². The molecule has 0 radical (unpaired) electrons. The van der Waals surface area contributed by atoms with Crippen LogP contribution in [0.5, 0.6) is 0 Å². The number of anilines is 1. The fourth-order valence-electron chi connectivity index (χ4n) is 2.82. The van der Waals surface area contributed by atoms with Crippen molar-refractivity contribution < 1.29 is 9.72 Å². The van der Waals surface area contributed by atoms with Gasteiger partial charge in [-0.15, -0.1) is 16.8 Å². The summed E-state index contributed by atoms with van der Waals surface area (Å²) in [7, 11) is 0. The molecule has 1 N–H and O–H groups in total. The number of carbonyl (C=O) groups is 1. The van der Waals surface area contributed by atoms with Gasteiger partial charge in [0.05, 0.1) is 10.7 Å². The first-order valence-corrected chi connectivity index (χ1v) is 10.2. The second-order valence-corrected chi connectivity index (χ2v) is 7.61. The zero-order valence-corrected chi connectivity index (χ0v) is 17.5. The Labute approximate surface area is 178 Å². The van der Waals surface area contributed by atoms with Gasteiger partial charge in [0.25, 0.3) is 5.69 Å². The topological polar surface area (TPSA) is 103 Å². The number of nitro benzene ring substituents is 1. The van der Waals surface area contributed by atoms with Crippen molar-refractivity contribution in [1.82, 2.24) is 14.8 Å². The fraction of sp³-hybridized carbons (Fsp3) is 0.190. The lowest BCUT2D eigenvalue weighted by Gasteiger charge is -2.09. The highest BCUT2D eigenvalue weighted by Crippen LogP contribution is 2.25. The number of nitrogens with one attached hydrogen (secondary N) is 1. The zero-order valence-electron chi connectivity index (χ0n) is 16.7. The van der Waals surface area contributed by atoms with Gasteiger partial charge < -0.3 is 5.32 Å². The van der Waals surface area contributed by atoms with Crippen LogP contribution in [0.1, 0.15) is 11.1 Å². The van der Waals surface area contributed by atoms with Crippen LogP contribution in [-0.4, -0.2) is 31.3 Å². The molecule has 8 nitrogen and oxygen atoms in total. The van der Waals surface area contributed by atoms with Crippen molar-refractivity contribution in [3.05, 3.63) is 76.4 Å². The molecule has 0 unspecified atom stereocenters. The smallest absolute Gasteiger partial charge is 0.269 e. The quantitative estimate of drug-likeness (QED) is 0.249. The van der Waals surface area contributed by atoms with Gasteiger partial charge in [-0.05, 0) is 25.5 Å². The lowest BCUT2D eigenvalue weighted by Crippen LogP contribution is -2.15. The number of aryl methyl sites for hydroxylation is 2. The summed E-state index contributed by atoms with van der Waals surface area (Å²) in [6.45, 7) is 8.04. The van der Waals surface area contributed by atoms with Gasteiger partial charge in [0.15, 0.2) is 11.0 Å². The number of benzene rings is 2. The van der Waals surface area contributed by atoms with Crippen molar-refractivity contribution >= 4 is 29.0 Å². The summed E-state index contributed by atoms with van der Waals surface area (Å²) in [6.07, 6.45) is 1.76. The monoisotopic (exact) mass is 423 g/mol. The van der Waals surface area contributed by atoms with Gasteiger partial charge in [0.1, 0.15) is 0 Å². The highest BCUT2D eigenvalue weighted by atomic mass is 32.2. The average molecular weight is 423 g/mol. The minimum Gasteiger partial charge on any atom is -0.325 e. The van der Waals surface area contributed by atoms with Gasteiger partial charge in [-0.25, -0.2) is 0 Å². The van der Waals surface area contributed by atoms with Crippen LogP contribution in [-0.2, 0) is 11.3 Å². The van der Waals surface area contributed by atoms with E-state index in [1.165, 1.54) is 30.0 Å². The summed E-state index contributed by atoms with van der Waals surface area (Å²) in [5, 5.41) is 22.8. The van der Waals surface area contributed by atoms with Crippen molar-refractivity contribution in [1.29, 1.82) is 0 Å². The molecule has 1 heterocycles. The Morgan fingerprint density at radius 1 is 1.23 bits per heavy atom. The Balaban J connectivity index is 1.71. The van der Waals surface area contributed by atoms with Gasteiger partial charge in [0, 0.05) is 29.9 Å². The maximum atomic E-state index is 12.4. The molecule has 0 aliphatic rings. The molecule has 30 heavy (non-hydrogen) atoms. The summed E-state index contributed by atoms with van der Waals surface area (Å²) in [6, 6.07) is 12.3. The summed E-state index contributed by atoms with van der Waals surface area (Å²) in [4.78, 5) is 22.8. The van der Waals surface area contributed by atoms with E-state index in [2.05, 4.69) is 22.1 Å². The maximum Gasteiger partial charge on any atom is 0.269 e. The molecule has 1 amide bonds. The minimum atomic E-state index is -0.466. The largest absolute Gasteiger partial charge is 0.325 e. The van der Waals surface area contributed by atoms with E-state index < -0.39 is 4.92 Å². The van der Waals surface area contributed by atoms with E-state index in [1.807, 2.05) is 35.8 Å². The first kappa shape index (κ1) is 21.3. The summed E-state index contributed by atoms with van der Waals surface area (Å²) < 4.78 is 1.91. The Hall–Kier alpha value is -3.46. The van der Waals surface area contributed by atoms with Gasteiger partial charge in [-0.3, -0.25) is 19.5 Å². The third-order valence-corrected chi connectivity index (χ3v) is 5.33. The Morgan fingerprint density at radius 3 is 2.60 bits per heavy atom. The number of carbonyl (C=O) groups excluding carboxylic acids is 1. The number of nitro groups is 1. The van der Waals surface area contributed by atoms with E-state index in [4.69, 9.17) is 0 Å². The Bertz CT molecular complexity index is 1090. The predicted octanol–water partition coefficient (Wildman–Crippen LogP) is 4.39. The van der Waals surface area contributed by atoms with Crippen molar-refractivity contribution in [2.45, 2.75) is 25.5 Å². The van der Waals surface area contributed by atoms with Crippen LogP contribution >= 0.6 is 11.8 Å². The maximum absolute atomic E-state index is 12.4. The number of allylic oxidation sites excluding steroid dienone is 1. The SMILES string of the molecule is C=CCn1c(SCC(=O)Nc2ccc([N+](=O)[O-])cc2C)nnc1-c1ccc(C)cc1. The standard InChI is InChI=1S/C21H21N5O3S/c1-4-11-25-20(16-7-5-14(2)6-8-16)23-24-21(25)30-13-19(27)22-18-10-9-17(26(28)29)12-15(18)3/h4-10,12H,1,11,13H2,2-3H3,(H,22,27). The molecule has 1 aromatic heterocycles. The molecular formula is C21H21N5O3S. The molecule has 154 valence electrons. The minimum absolute atomic E-state index is 0.0129. The second-order valence-electron chi connectivity index (χ2n) is 6.66. The fourth-order valence-corrected chi connectivity index (χ4v) is 3.57. The van der Waals surface area contributed by atoms with Crippen molar-refractivity contribution in [2.75, 3.05) is 11.1 Å². The molecule has 0 saturated carbocycles. The molecule has 0 bridgehead atoms. The van der Waals surface area contributed by atoms with E-state index >= 15 is 0 Å². The third-order valence-electron chi connectivity index (χ3n) is 4.37. The highest BCUT2D eigenvalue weighted by molar-refractivity contribution is 7.99. The van der Waals surface area contributed by atoms with Crippen LogP contribution in [0.25, 0.3) is 11.4 Å². The molecule has 0 fully saturated rings. The van der Waals surface area contributed by atoms with Crippen LogP contribution in [0.2, 0.25) is 0 Å². The van der Waals surface area contributed by atoms with E-state index in [0.717, 1.165) is 11.1 Å². The molecule has 2 aromatic carbocycles. The van der Waals surface area contributed by atoms with Crippen LogP contribution in [0, 0.1) is 24.0 Å². The number of amides is 1. The number of hydrogen-bond donors (Lipinski definition) is 1. The number of aromatic nitrogens is 3. The first-order valence-electron chi connectivity index (χ1n) is 9.18. The summed E-state index contributed by atoms with van der Waals surface area (Å²) in [5.74, 6) is 0.602. The number of thioether (sulfide) groups is 1. The molecular weight excluding hydrogens is 402 g/mol. The van der Waals surface area contributed by atoms with Gasteiger partial charge in [-0.1, -0.05) is 47.7 Å². The molecule has 0 aliphatic carbocycles. The highest BCUT2D eigenvalue weighted by Gasteiger charge is 2.16. The van der Waals surface area contributed by atoms with E-state index in [1.54, 1.807) is 13.0 Å².